The Bertz CT molecular complexity index is 2130. The van der Waals surface area contributed by atoms with Gasteiger partial charge >= 0.3 is 0 Å². The third-order valence-electron chi connectivity index (χ3n) is 7.84. The lowest BCUT2D eigenvalue weighted by Crippen LogP contribution is -2.21. The first-order valence-electron chi connectivity index (χ1n) is 14.6. The van der Waals surface area contributed by atoms with Crippen LogP contribution in [-0.2, 0) is 0 Å². The van der Waals surface area contributed by atoms with Gasteiger partial charge in [-0.1, -0.05) is 121 Å². The number of hydrogen-bond donors (Lipinski definition) is 3. The molecule has 0 unspecified atom stereocenters. The molecule has 0 aliphatic heterocycles. The first kappa shape index (κ1) is 26.9. The molecule has 210 valence electrons. The number of aromatic nitrogens is 1. The second-order valence-corrected chi connectivity index (χ2v) is 10.7. The van der Waals surface area contributed by atoms with E-state index in [9.17, 15) is 0 Å². The smallest absolute Gasteiger partial charge is 0.0633 e. The summed E-state index contributed by atoms with van der Waals surface area (Å²) >= 11 is 0. The van der Waals surface area contributed by atoms with E-state index in [4.69, 9.17) is 5.41 Å². The number of nitrogens with one attached hydrogen (secondary N) is 3. The Kier molecular flexibility index (Phi) is 7.38. The van der Waals surface area contributed by atoms with Crippen LogP contribution in [0.25, 0.3) is 49.5 Å². The minimum absolute atomic E-state index is 0.405. The molecule has 0 atom stereocenters. The normalized spacial score (nSPS) is 11.4. The Morgan fingerprint density at radius 2 is 1.18 bits per heavy atom. The highest BCUT2D eigenvalue weighted by Gasteiger charge is 2.11. The molecule has 1 heterocycles. The Labute approximate surface area is 256 Å². The highest BCUT2D eigenvalue weighted by atomic mass is 15.4. The van der Waals surface area contributed by atoms with E-state index < -0.39 is 0 Å². The molecular formula is C40H30N4. The zero-order valence-electron chi connectivity index (χ0n) is 24.0. The Morgan fingerprint density at radius 1 is 0.545 bits per heavy atom. The van der Waals surface area contributed by atoms with Crippen LogP contribution < -0.4 is 10.9 Å². The van der Waals surface area contributed by atoms with Gasteiger partial charge in [-0.3, -0.25) is 4.98 Å². The van der Waals surface area contributed by atoms with Crippen molar-refractivity contribution in [3.63, 3.8) is 0 Å². The van der Waals surface area contributed by atoms with Crippen molar-refractivity contribution in [3.05, 3.63) is 175 Å². The number of hydrazine groups is 1. The highest BCUT2D eigenvalue weighted by Crippen LogP contribution is 2.32. The predicted octanol–water partition coefficient (Wildman–Crippen LogP) is 9.75. The topological polar surface area (TPSA) is 60.8 Å². The fourth-order valence-electron chi connectivity index (χ4n) is 5.61. The largest absolute Gasteiger partial charge is 0.300 e. The van der Waals surface area contributed by atoms with Crippen LogP contribution in [0.4, 0.5) is 5.69 Å². The first-order valence-corrected chi connectivity index (χ1v) is 14.6. The van der Waals surface area contributed by atoms with Crippen LogP contribution in [0.3, 0.4) is 0 Å². The standard InChI is InChI=1S/C40H30N4/c41-38(32-16-8-14-29(23-32)28-11-2-1-3-12-28)26-39(33-17-9-15-30(24-33)34-18-10-22-42-27-34)43-44-40-25-31-13-4-5-19-35(31)36-20-6-7-21-37(36)40/h1-27,41,43-44H/b39-26-,41-38?. The molecule has 7 aromatic rings. The van der Waals surface area contributed by atoms with Crippen LogP contribution in [0.5, 0.6) is 0 Å². The van der Waals surface area contributed by atoms with Crippen molar-refractivity contribution in [1.82, 2.24) is 10.4 Å². The van der Waals surface area contributed by atoms with Gasteiger partial charge in [0.1, 0.15) is 0 Å². The quantitative estimate of drug-likeness (QED) is 0.0975. The number of fused-ring (bicyclic) bond motifs is 3. The number of nitrogens with zero attached hydrogens (tertiary/aromatic N) is 1. The van der Waals surface area contributed by atoms with Crippen molar-refractivity contribution in [1.29, 1.82) is 5.41 Å². The van der Waals surface area contributed by atoms with Crippen LogP contribution in [0.1, 0.15) is 11.1 Å². The molecule has 0 radical (unpaired) electrons. The summed E-state index contributed by atoms with van der Waals surface area (Å²) in [5, 5.41) is 13.8. The van der Waals surface area contributed by atoms with Gasteiger partial charge in [-0.05, 0) is 63.2 Å². The van der Waals surface area contributed by atoms with Gasteiger partial charge in [0.25, 0.3) is 0 Å². The number of benzene rings is 6. The third-order valence-corrected chi connectivity index (χ3v) is 7.84. The Balaban J connectivity index is 1.28. The second kappa shape index (κ2) is 12.1. The molecule has 0 saturated heterocycles. The summed E-state index contributed by atoms with van der Waals surface area (Å²) in [5.74, 6) is 0. The average Bonchev–Trinajstić information content (AvgIpc) is 3.10. The van der Waals surface area contributed by atoms with Crippen molar-refractivity contribution in [2.45, 2.75) is 0 Å². The molecule has 1 aromatic heterocycles. The van der Waals surface area contributed by atoms with E-state index >= 15 is 0 Å². The van der Waals surface area contributed by atoms with Crippen molar-refractivity contribution < 1.29 is 0 Å². The van der Waals surface area contributed by atoms with E-state index in [0.717, 1.165) is 55.5 Å². The maximum atomic E-state index is 9.15. The maximum absolute atomic E-state index is 9.15. The lowest BCUT2D eigenvalue weighted by atomic mass is 9.99. The van der Waals surface area contributed by atoms with Gasteiger partial charge in [0.05, 0.1) is 17.1 Å². The SMILES string of the molecule is N=C(/C=C(\NNc1cc2ccccc2c2ccccc12)c1cccc(-c2cccnc2)c1)c1cccc(-c2ccccc2)c1. The number of rotatable bonds is 8. The zero-order valence-corrected chi connectivity index (χ0v) is 24.0. The summed E-state index contributed by atoms with van der Waals surface area (Å²) in [6.45, 7) is 0. The van der Waals surface area contributed by atoms with Crippen LogP contribution >= 0.6 is 0 Å². The summed E-state index contributed by atoms with van der Waals surface area (Å²) in [6, 6.07) is 49.8. The monoisotopic (exact) mass is 566 g/mol. The van der Waals surface area contributed by atoms with E-state index in [1.807, 2.05) is 54.7 Å². The van der Waals surface area contributed by atoms with Crippen LogP contribution in [0.15, 0.2) is 164 Å². The molecule has 0 bridgehead atoms. The summed E-state index contributed by atoms with van der Waals surface area (Å²) < 4.78 is 0. The lowest BCUT2D eigenvalue weighted by Gasteiger charge is -2.18. The van der Waals surface area contributed by atoms with Gasteiger partial charge in [0.15, 0.2) is 0 Å². The molecule has 4 heteroatoms. The van der Waals surface area contributed by atoms with Gasteiger partial charge in [0, 0.05) is 34.5 Å². The molecule has 6 aromatic carbocycles. The third kappa shape index (κ3) is 5.57. The number of allylic oxidation sites excluding steroid dienone is 1. The van der Waals surface area contributed by atoms with Gasteiger partial charge in [0.2, 0.25) is 0 Å². The van der Waals surface area contributed by atoms with Gasteiger partial charge < -0.3 is 16.3 Å². The molecular weight excluding hydrogens is 536 g/mol. The Hall–Kier alpha value is -6.00. The maximum Gasteiger partial charge on any atom is 0.0633 e. The fraction of sp³-hybridized carbons (Fsp3) is 0. The van der Waals surface area contributed by atoms with E-state index in [-0.39, 0.29) is 0 Å². The van der Waals surface area contributed by atoms with Crippen molar-refractivity contribution in [2.75, 3.05) is 5.43 Å². The number of pyridine rings is 1. The molecule has 0 saturated carbocycles. The highest BCUT2D eigenvalue weighted by molar-refractivity contribution is 6.13. The van der Waals surface area contributed by atoms with Crippen LogP contribution in [0, 0.1) is 5.41 Å². The molecule has 0 fully saturated rings. The van der Waals surface area contributed by atoms with Gasteiger partial charge in [-0.15, -0.1) is 0 Å². The molecule has 44 heavy (non-hydrogen) atoms. The molecule has 0 spiro atoms. The van der Waals surface area contributed by atoms with E-state index in [2.05, 4.69) is 119 Å². The summed E-state index contributed by atoms with van der Waals surface area (Å²) in [7, 11) is 0. The van der Waals surface area contributed by atoms with E-state index in [1.165, 1.54) is 10.8 Å². The molecule has 0 aliphatic carbocycles. The number of hydrogen-bond acceptors (Lipinski definition) is 4. The molecule has 0 amide bonds. The van der Waals surface area contributed by atoms with Crippen molar-refractivity contribution in [3.8, 4) is 22.3 Å². The lowest BCUT2D eigenvalue weighted by molar-refractivity contribution is 1.09. The van der Waals surface area contributed by atoms with E-state index in [0.29, 0.717) is 5.71 Å². The molecule has 7 rings (SSSR count). The molecule has 4 nitrogen and oxygen atoms in total. The van der Waals surface area contributed by atoms with Gasteiger partial charge in [-0.25, -0.2) is 0 Å². The van der Waals surface area contributed by atoms with Crippen molar-refractivity contribution in [2.24, 2.45) is 0 Å². The Morgan fingerprint density at radius 3 is 1.98 bits per heavy atom. The summed E-state index contributed by atoms with van der Waals surface area (Å²) in [4.78, 5) is 4.31. The average molecular weight is 567 g/mol. The van der Waals surface area contributed by atoms with Gasteiger partial charge in [-0.2, -0.15) is 0 Å². The minimum Gasteiger partial charge on any atom is -0.300 e. The van der Waals surface area contributed by atoms with Crippen molar-refractivity contribution >= 4 is 38.6 Å². The summed E-state index contributed by atoms with van der Waals surface area (Å²) in [5.41, 5.74) is 15.2. The zero-order chi connectivity index (χ0) is 29.7. The first-order chi connectivity index (χ1) is 21.7. The molecule has 3 N–H and O–H groups in total. The second-order valence-electron chi connectivity index (χ2n) is 10.7. The van der Waals surface area contributed by atoms with Crippen LogP contribution in [-0.4, -0.2) is 10.7 Å². The fourth-order valence-corrected chi connectivity index (χ4v) is 5.61. The van der Waals surface area contributed by atoms with Crippen LogP contribution in [0.2, 0.25) is 0 Å². The number of anilines is 1. The minimum atomic E-state index is 0.405. The predicted molar refractivity (Wildman–Crippen MR) is 185 cm³/mol. The molecule has 0 aliphatic rings. The summed E-state index contributed by atoms with van der Waals surface area (Å²) in [6.07, 6.45) is 5.54. The van der Waals surface area contributed by atoms with E-state index in [1.54, 1.807) is 6.20 Å².